The number of carbonyl (C=O) groups excluding carboxylic acids is 1. The number of hydrogen-bond acceptors (Lipinski definition) is 3. The third-order valence-corrected chi connectivity index (χ3v) is 4.05. The van der Waals surface area contributed by atoms with Gasteiger partial charge in [-0.2, -0.15) is 5.10 Å². The standard InChI is InChI=1S/C20H21N3O2/c1-15-19(16(2)23(21-15)18-11-7-4-8-12-18)13-20(24)22-25-14-17-9-5-3-6-10-17/h3-12H,13-14H2,1-2H3,(H,22,24). The van der Waals surface area contributed by atoms with E-state index in [-0.39, 0.29) is 12.3 Å². The molecule has 1 N–H and O–H groups in total. The minimum Gasteiger partial charge on any atom is -0.272 e. The van der Waals surface area contributed by atoms with Crippen LogP contribution in [0.5, 0.6) is 0 Å². The number of para-hydroxylation sites is 1. The number of benzene rings is 2. The summed E-state index contributed by atoms with van der Waals surface area (Å²) in [7, 11) is 0. The van der Waals surface area contributed by atoms with Crippen molar-refractivity contribution in [1.82, 2.24) is 15.3 Å². The van der Waals surface area contributed by atoms with Crippen LogP contribution in [-0.2, 0) is 22.7 Å². The number of amides is 1. The maximum Gasteiger partial charge on any atom is 0.248 e. The predicted molar refractivity (Wildman–Crippen MR) is 96.1 cm³/mol. The molecule has 0 bridgehead atoms. The van der Waals surface area contributed by atoms with Gasteiger partial charge in [-0.05, 0) is 31.5 Å². The van der Waals surface area contributed by atoms with Crippen LogP contribution in [0.15, 0.2) is 60.7 Å². The normalized spacial score (nSPS) is 10.6. The number of aromatic nitrogens is 2. The van der Waals surface area contributed by atoms with Gasteiger partial charge in [-0.15, -0.1) is 0 Å². The molecule has 5 heteroatoms. The Bertz CT molecular complexity index is 842. The van der Waals surface area contributed by atoms with Crippen molar-refractivity contribution in [2.45, 2.75) is 26.9 Å². The smallest absolute Gasteiger partial charge is 0.248 e. The maximum absolute atomic E-state index is 12.2. The average Bonchev–Trinajstić information content (AvgIpc) is 2.91. The fourth-order valence-corrected chi connectivity index (χ4v) is 2.72. The van der Waals surface area contributed by atoms with E-state index in [1.54, 1.807) is 0 Å². The Kier molecular flexibility index (Phi) is 5.26. The zero-order valence-electron chi connectivity index (χ0n) is 14.4. The molecule has 0 aliphatic rings. The highest BCUT2D eigenvalue weighted by molar-refractivity contribution is 5.78. The molecule has 25 heavy (non-hydrogen) atoms. The first kappa shape index (κ1) is 16.9. The van der Waals surface area contributed by atoms with Crippen molar-refractivity contribution in [3.8, 4) is 5.69 Å². The fraction of sp³-hybridized carbons (Fsp3) is 0.200. The lowest BCUT2D eigenvalue weighted by Crippen LogP contribution is -2.25. The molecule has 2 aromatic carbocycles. The van der Waals surface area contributed by atoms with Crippen LogP contribution in [0, 0.1) is 13.8 Å². The van der Waals surface area contributed by atoms with Crippen LogP contribution in [0.3, 0.4) is 0 Å². The van der Waals surface area contributed by atoms with Gasteiger partial charge in [-0.3, -0.25) is 9.63 Å². The monoisotopic (exact) mass is 335 g/mol. The largest absolute Gasteiger partial charge is 0.272 e. The average molecular weight is 335 g/mol. The minimum atomic E-state index is -0.185. The van der Waals surface area contributed by atoms with Gasteiger partial charge < -0.3 is 0 Å². The van der Waals surface area contributed by atoms with E-state index in [2.05, 4.69) is 10.6 Å². The summed E-state index contributed by atoms with van der Waals surface area (Å²) in [4.78, 5) is 17.5. The number of carbonyl (C=O) groups is 1. The quantitative estimate of drug-likeness (QED) is 0.703. The molecule has 0 atom stereocenters. The molecule has 3 aromatic rings. The lowest BCUT2D eigenvalue weighted by Gasteiger charge is -2.07. The molecule has 0 radical (unpaired) electrons. The number of hydrogen-bond donors (Lipinski definition) is 1. The Labute approximate surface area is 147 Å². The van der Waals surface area contributed by atoms with Crippen LogP contribution in [0.1, 0.15) is 22.5 Å². The van der Waals surface area contributed by atoms with E-state index in [9.17, 15) is 4.79 Å². The van der Waals surface area contributed by atoms with Crippen LogP contribution in [0.4, 0.5) is 0 Å². The Balaban J connectivity index is 1.63. The third kappa shape index (κ3) is 4.14. The summed E-state index contributed by atoms with van der Waals surface area (Å²) >= 11 is 0. The van der Waals surface area contributed by atoms with E-state index in [1.165, 1.54) is 0 Å². The highest BCUT2D eigenvalue weighted by Crippen LogP contribution is 2.18. The molecular formula is C20H21N3O2. The van der Waals surface area contributed by atoms with Crippen LogP contribution >= 0.6 is 0 Å². The minimum absolute atomic E-state index is 0.185. The topological polar surface area (TPSA) is 56.2 Å². The van der Waals surface area contributed by atoms with Crippen LogP contribution in [0.25, 0.3) is 5.69 Å². The molecule has 0 fully saturated rings. The van der Waals surface area contributed by atoms with Gasteiger partial charge in [0.1, 0.15) is 0 Å². The summed E-state index contributed by atoms with van der Waals surface area (Å²) < 4.78 is 1.86. The van der Waals surface area contributed by atoms with Crippen LogP contribution in [-0.4, -0.2) is 15.7 Å². The van der Waals surface area contributed by atoms with Crippen LogP contribution in [0.2, 0.25) is 0 Å². The van der Waals surface area contributed by atoms with Gasteiger partial charge in [0.2, 0.25) is 5.91 Å². The van der Waals surface area contributed by atoms with Gasteiger partial charge in [-0.25, -0.2) is 10.2 Å². The van der Waals surface area contributed by atoms with Crippen molar-refractivity contribution in [3.05, 3.63) is 83.2 Å². The zero-order valence-corrected chi connectivity index (χ0v) is 14.4. The van der Waals surface area contributed by atoms with E-state index < -0.39 is 0 Å². The maximum atomic E-state index is 12.2. The molecule has 1 heterocycles. The molecule has 5 nitrogen and oxygen atoms in total. The number of aryl methyl sites for hydroxylation is 1. The van der Waals surface area contributed by atoms with E-state index in [4.69, 9.17) is 4.84 Å². The summed E-state index contributed by atoms with van der Waals surface area (Å²) in [5, 5.41) is 4.56. The molecule has 1 aromatic heterocycles. The molecule has 0 aliphatic carbocycles. The SMILES string of the molecule is Cc1nn(-c2ccccc2)c(C)c1CC(=O)NOCc1ccccc1. The van der Waals surface area contributed by atoms with Gasteiger partial charge >= 0.3 is 0 Å². The summed E-state index contributed by atoms with van der Waals surface area (Å²) in [6.07, 6.45) is 0.235. The Morgan fingerprint density at radius 2 is 1.68 bits per heavy atom. The third-order valence-electron chi connectivity index (χ3n) is 4.05. The Morgan fingerprint density at radius 1 is 1.04 bits per heavy atom. The first-order valence-corrected chi connectivity index (χ1v) is 8.20. The molecular weight excluding hydrogens is 314 g/mol. The van der Waals surface area contributed by atoms with Gasteiger partial charge in [0.05, 0.1) is 24.4 Å². The van der Waals surface area contributed by atoms with Crippen molar-refractivity contribution in [3.63, 3.8) is 0 Å². The second kappa shape index (κ2) is 7.77. The van der Waals surface area contributed by atoms with Gasteiger partial charge in [0, 0.05) is 11.3 Å². The first-order valence-electron chi connectivity index (χ1n) is 8.20. The molecule has 0 saturated heterocycles. The van der Waals surface area contributed by atoms with E-state index in [0.29, 0.717) is 6.61 Å². The lowest BCUT2D eigenvalue weighted by atomic mass is 10.1. The molecule has 128 valence electrons. The van der Waals surface area contributed by atoms with Gasteiger partial charge in [-0.1, -0.05) is 48.5 Å². The van der Waals surface area contributed by atoms with Gasteiger partial charge in [0.15, 0.2) is 0 Å². The number of rotatable bonds is 6. The van der Waals surface area contributed by atoms with Crippen molar-refractivity contribution < 1.29 is 9.63 Å². The van der Waals surface area contributed by atoms with Crippen molar-refractivity contribution in [2.24, 2.45) is 0 Å². The summed E-state index contributed by atoms with van der Waals surface area (Å²) in [5.74, 6) is -0.185. The zero-order chi connectivity index (χ0) is 17.6. The van der Waals surface area contributed by atoms with Crippen molar-refractivity contribution in [1.29, 1.82) is 0 Å². The highest BCUT2D eigenvalue weighted by atomic mass is 16.6. The predicted octanol–water partition coefficient (Wildman–Crippen LogP) is 3.28. The summed E-state index contributed by atoms with van der Waals surface area (Å²) in [6, 6.07) is 19.6. The Hall–Kier alpha value is -2.92. The second-order valence-electron chi connectivity index (χ2n) is 5.87. The van der Waals surface area contributed by atoms with Crippen molar-refractivity contribution >= 4 is 5.91 Å². The molecule has 0 spiro atoms. The van der Waals surface area contributed by atoms with E-state index in [1.807, 2.05) is 79.2 Å². The molecule has 0 unspecified atom stereocenters. The second-order valence-corrected chi connectivity index (χ2v) is 5.87. The molecule has 1 amide bonds. The number of hydroxylamine groups is 1. The van der Waals surface area contributed by atoms with Crippen molar-refractivity contribution in [2.75, 3.05) is 0 Å². The molecule has 0 aliphatic heterocycles. The van der Waals surface area contributed by atoms with E-state index >= 15 is 0 Å². The van der Waals surface area contributed by atoms with E-state index in [0.717, 1.165) is 28.2 Å². The highest BCUT2D eigenvalue weighted by Gasteiger charge is 2.16. The molecule has 3 rings (SSSR count). The number of nitrogens with zero attached hydrogens (tertiary/aromatic N) is 2. The molecule has 0 saturated carbocycles. The lowest BCUT2D eigenvalue weighted by molar-refractivity contribution is -0.133. The van der Waals surface area contributed by atoms with Crippen LogP contribution < -0.4 is 5.48 Å². The number of nitrogens with one attached hydrogen (secondary N) is 1. The fourth-order valence-electron chi connectivity index (χ4n) is 2.72. The summed E-state index contributed by atoms with van der Waals surface area (Å²) in [6.45, 7) is 4.23. The Morgan fingerprint density at radius 3 is 2.36 bits per heavy atom. The first-order chi connectivity index (χ1) is 12.1. The van der Waals surface area contributed by atoms with Gasteiger partial charge in [0.25, 0.3) is 0 Å². The summed E-state index contributed by atoms with van der Waals surface area (Å²) in [5.41, 5.74) is 7.22.